The highest BCUT2D eigenvalue weighted by molar-refractivity contribution is 6.30. The van der Waals surface area contributed by atoms with Crippen molar-refractivity contribution in [2.45, 2.75) is 45.7 Å². The quantitative estimate of drug-likeness (QED) is 0.635. The molecule has 6 heteroatoms. The summed E-state index contributed by atoms with van der Waals surface area (Å²) in [6.45, 7) is 9.75. The van der Waals surface area contributed by atoms with Crippen LogP contribution >= 0.6 is 11.6 Å². The van der Waals surface area contributed by atoms with Gasteiger partial charge in [0.05, 0.1) is 6.61 Å². The van der Waals surface area contributed by atoms with Gasteiger partial charge in [-0.1, -0.05) is 23.7 Å². The maximum atomic E-state index is 12.8. The Morgan fingerprint density at radius 3 is 2.35 bits per heavy atom. The van der Waals surface area contributed by atoms with Crippen molar-refractivity contribution in [3.63, 3.8) is 0 Å². The predicted molar refractivity (Wildman–Crippen MR) is 126 cm³/mol. The number of urea groups is 1. The van der Waals surface area contributed by atoms with Crippen LogP contribution in [-0.4, -0.2) is 48.1 Å². The monoisotopic (exact) mass is 441 g/mol. The highest BCUT2D eigenvalue weighted by Crippen LogP contribution is 2.55. The molecule has 2 aromatic carbocycles. The van der Waals surface area contributed by atoms with Crippen LogP contribution in [0.4, 0.5) is 10.5 Å². The third kappa shape index (κ3) is 4.53. The van der Waals surface area contributed by atoms with E-state index in [0.717, 1.165) is 48.9 Å². The molecule has 5 nitrogen and oxygen atoms in total. The van der Waals surface area contributed by atoms with Gasteiger partial charge < -0.3 is 15.0 Å². The molecule has 1 N–H and O–H groups in total. The Hall–Kier alpha value is -2.24. The maximum absolute atomic E-state index is 12.8. The summed E-state index contributed by atoms with van der Waals surface area (Å²) in [4.78, 5) is 17.3. The molecular formula is C25H32ClN3O2. The second kappa shape index (κ2) is 9.09. The first-order valence-electron chi connectivity index (χ1n) is 11.2. The minimum atomic E-state index is -0.0258. The molecule has 2 amide bonds. The van der Waals surface area contributed by atoms with Crippen molar-refractivity contribution in [3.05, 3.63) is 59.1 Å². The number of rotatable bonds is 5. The molecule has 2 aromatic rings. The molecule has 2 heterocycles. The van der Waals surface area contributed by atoms with Gasteiger partial charge in [0.15, 0.2) is 0 Å². The zero-order valence-electron chi connectivity index (χ0n) is 18.6. The molecule has 4 rings (SSSR count). The maximum Gasteiger partial charge on any atom is 0.321 e. The number of halogens is 1. The van der Waals surface area contributed by atoms with E-state index in [2.05, 4.69) is 36.2 Å². The van der Waals surface area contributed by atoms with Crippen molar-refractivity contribution in [1.29, 1.82) is 0 Å². The van der Waals surface area contributed by atoms with Crippen LogP contribution in [0, 0.1) is 5.41 Å². The van der Waals surface area contributed by atoms with Gasteiger partial charge in [0, 0.05) is 47.8 Å². The van der Waals surface area contributed by atoms with Crippen molar-refractivity contribution >= 4 is 23.3 Å². The summed E-state index contributed by atoms with van der Waals surface area (Å²) in [5.41, 5.74) is 2.35. The van der Waals surface area contributed by atoms with Gasteiger partial charge in [0.2, 0.25) is 0 Å². The molecule has 0 saturated carbocycles. The van der Waals surface area contributed by atoms with Crippen LogP contribution in [0.5, 0.6) is 5.75 Å². The van der Waals surface area contributed by atoms with Gasteiger partial charge in [-0.3, -0.25) is 4.90 Å². The Balaban J connectivity index is 1.39. The number of ether oxygens (including phenoxy) is 1. The standard InChI is InChI=1S/C25H32ClN3O2/c1-4-31-22-11-9-21(10-12-22)27-24(30)28-15-13-25(14-16-28)17-29(18(2)3)23(25)19-5-7-20(26)8-6-19/h5-12,18,23H,4,13-17H2,1-3H3,(H,27,30). The number of nitrogens with one attached hydrogen (secondary N) is 1. The number of hydrogen-bond acceptors (Lipinski definition) is 3. The average molecular weight is 442 g/mol. The molecular weight excluding hydrogens is 410 g/mol. The summed E-state index contributed by atoms with van der Waals surface area (Å²) in [6, 6.07) is 16.7. The van der Waals surface area contributed by atoms with Crippen LogP contribution in [0.2, 0.25) is 5.02 Å². The number of amides is 2. The summed E-state index contributed by atoms with van der Waals surface area (Å²) < 4.78 is 5.47. The summed E-state index contributed by atoms with van der Waals surface area (Å²) in [6.07, 6.45) is 2.03. The largest absolute Gasteiger partial charge is 0.494 e. The minimum absolute atomic E-state index is 0.0258. The molecule has 0 radical (unpaired) electrons. The number of hydrogen-bond donors (Lipinski definition) is 1. The van der Waals surface area contributed by atoms with Crippen molar-refractivity contribution in [2.75, 3.05) is 31.6 Å². The fourth-order valence-electron chi connectivity index (χ4n) is 5.04. The Bertz CT molecular complexity index is 890. The fraction of sp³-hybridized carbons (Fsp3) is 0.480. The van der Waals surface area contributed by atoms with E-state index in [0.29, 0.717) is 18.7 Å². The van der Waals surface area contributed by atoms with Crippen molar-refractivity contribution in [3.8, 4) is 5.75 Å². The Labute approximate surface area is 190 Å². The molecule has 2 fully saturated rings. The number of carbonyl (C=O) groups excluding carboxylic acids is 1. The third-order valence-corrected chi connectivity index (χ3v) is 6.97. The van der Waals surface area contributed by atoms with Gasteiger partial charge in [0.25, 0.3) is 0 Å². The topological polar surface area (TPSA) is 44.8 Å². The molecule has 0 aromatic heterocycles. The lowest BCUT2D eigenvalue weighted by Gasteiger charge is -2.62. The van der Waals surface area contributed by atoms with Gasteiger partial charge in [-0.05, 0) is 75.6 Å². The normalized spacial score (nSPS) is 20.5. The van der Waals surface area contributed by atoms with Crippen LogP contribution in [0.15, 0.2) is 48.5 Å². The molecule has 31 heavy (non-hydrogen) atoms. The highest BCUT2D eigenvalue weighted by Gasteiger charge is 2.54. The smallest absolute Gasteiger partial charge is 0.321 e. The number of piperidine rings is 1. The number of likely N-dealkylation sites (tertiary alicyclic amines) is 2. The Morgan fingerprint density at radius 2 is 1.77 bits per heavy atom. The molecule has 1 unspecified atom stereocenters. The summed E-state index contributed by atoms with van der Waals surface area (Å²) >= 11 is 6.13. The van der Waals surface area contributed by atoms with E-state index >= 15 is 0 Å². The lowest BCUT2D eigenvalue weighted by molar-refractivity contribution is -0.123. The number of carbonyl (C=O) groups is 1. The lowest BCUT2D eigenvalue weighted by atomic mass is 9.62. The fourth-order valence-corrected chi connectivity index (χ4v) is 5.17. The first-order valence-corrected chi connectivity index (χ1v) is 11.6. The van der Waals surface area contributed by atoms with Gasteiger partial charge in [-0.2, -0.15) is 0 Å². The van der Waals surface area contributed by atoms with Crippen LogP contribution in [0.25, 0.3) is 0 Å². The van der Waals surface area contributed by atoms with Crippen molar-refractivity contribution in [2.24, 2.45) is 5.41 Å². The molecule has 166 valence electrons. The lowest BCUT2D eigenvalue weighted by Crippen LogP contribution is -2.64. The van der Waals surface area contributed by atoms with Gasteiger partial charge >= 0.3 is 6.03 Å². The van der Waals surface area contributed by atoms with Crippen LogP contribution in [-0.2, 0) is 0 Å². The molecule has 2 saturated heterocycles. The number of benzene rings is 2. The Kier molecular flexibility index (Phi) is 6.44. The van der Waals surface area contributed by atoms with E-state index in [1.807, 2.05) is 48.2 Å². The van der Waals surface area contributed by atoms with E-state index in [4.69, 9.17) is 16.3 Å². The number of nitrogens with zero attached hydrogens (tertiary/aromatic N) is 2. The molecule has 1 spiro atoms. The summed E-state index contributed by atoms with van der Waals surface area (Å²) in [7, 11) is 0. The van der Waals surface area contributed by atoms with Gasteiger partial charge in [-0.15, -0.1) is 0 Å². The second-order valence-electron chi connectivity index (χ2n) is 8.96. The van der Waals surface area contributed by atoms with E-state index in [1.165, 1.54) is 5.56 Å². The third-order valence-electron chi connectivity index (χ3n) is 6.72. The predicted octanol–water partition coefficient (Wildman–Crippen LogP) is 5.82. The molecule has 0 bridgehead atoms. The van der Waals surface area contributed by atoms with Crippen molar-refractivity contribution in [1.82, 2.24) is 9.80 Å². The van der Waals surface area contributed by atoms with E-state index in [1.54, 1.807) is 0 Å². The van der Waals surface area contributed by atoms with Crippen LogP contribution < -0.4 is 10.1 Å². The zero-order valence-corrected chi connectivity index (χ0v) is 19.4. The first-order chi connectivity index (χ1) is 14.9. The van der Waals surface area contributed by atoms with E-state index in [9.17, 15) is 4.79 Å². The average Bonchev–Trinajstić information content (AvgIpc) is 2.75. The second-order valence-corrected chi connectivity index (χ2v) is 9.39. The first kappa shape index (κ1) is 22.0. The molecule has 2 aliphatic heterocycles. The van der Waals surface area contributed by atoms with Crippen molar-refractivity contribution < 1.29 is 9.53 Å². The van der Waals surface area contributed by atoms with Crippen LogP contribution in [0.3, 0.4) is 0 Å². The molecule has 0 aliphatic carbocycles. The van der Waals surface area contributed by atoms with Gasteiger partial charge in [-0.25, -0.2) is 4.79 Å². The molecule has 2 aliphatic rings. The summed E-state index contributed by atoms with van der Waals surface area (Å²) in [5, 5.41) is 3.80. The minimum Gasteiger partial charge on any atom is -0.494 e. The molecule has 1 atom stereocenters. The van der Waals surface area contributed by atoms with E-state index in [-0.39, 0.29) is 11.4 Å². The number of anilines is 1. The summed E-state index contributed by atoms with van der Waals surface area (Å²) in [5.74, 6) is 0.813. The Morgan fingerprint density at radius 1 is 1.13 bits per heavy atom. The van der Waals surface area contributed by atoms with Gasteiger partial charge in [0.1, 0.15) is 5.75 Å². The zero-order chi connectivity index (χ0) is 22.0. The van der Waals surface area contributed by atoms with E-state index < -0.39 is 0 Å². The van der Waals surface area contributed by atoms with Crippen LogP contribution in [0.1, 0.15) is 45.2 Å². The SMILES string of the molecule is CCOc1ccc(NC(=O)N2CCC3(CC2)CN(C(C)C)C3c2ccc(Cl)cc2)cc1. The highest BCUT2D eigenvalue weighted by atomic mass is 35.5.